The number of hydrogen-bond donors (Lipinski definition) is 0. The second kappa shape index (κ2) is 9.86. The molecule has 2 heteroatoms. The maximum atomic E-state index is 4.35. The Morgan fingerprint density at radius 3 is 1.55 bits per heavy atom. The monoisotopic (exact) mass is 558 g/mol. The van der Waals surface area contributed by atoms with Gasteiger partial charge in [-0.25, -0.2) is 9.97 Å². The molecule has 0 spiro atoms. The molecule has 0 aliphatic rings. The second-order valence-corrected chi connectivity index (χ2v) is 11.4. The topological polar surface area (TPSA) is 25.8 Å². The molecule has 0 amide bonds. The molecule has 0 aliphatic carbocycles. The maximum Gasteiger partial charge on any atom is 0.115 e. The first-order chi connectivity index (χ1) is 21.8. The third kappa shape index (κ3) is 3.75. The fourth-order valence-corrected chi connectivity index (χ4v) is 7.12. The van der Waals surface area contributed by atoms with E-state index in [1.165, 1.54) is 81.7 Å². The van der Waals surface area contributed by atoms with Crippen LogP contribution in [0.25, 0.3) is 87.2 Å². The normalized spacial score (nSPS) is 11.6. The van der Waals surface area contributed by atoms with Gasteiger partial charge >= 0.3 is 0 Å². The van der Waals surface area contributed by atoms with Gasteiger partial charge in [0.1, 0.15) is 6.33 Å². The molecule has 0 atom stereocenters. The minimum atomic E-state index is 1.02. The van der Waals surface area contributed by atoms with Gasteiger partial charge in [-0.05, 0) is 88.2 Å². The third-order valence-electron chi connectivity index (χ3n) is 9.01. The lowest BCUT2D eigenvalue weighted by Gasteiger charge is -2.18. The maximum absolute atomic E-state index is 4.35. The summed E-state index contributed by atoms with van der Waals surface area (Å²) in [5, 5.41) is 12.4. The molecule has 0 bridgehead atoms. The minimum Gasteiger partial charge on any atom is -0.244 e. The number of hydrogen-bond acceptors (Lipinski definition) is 2. The molecular weight excluding hydrogens is 532 g/mol. The molecule has 1 heterocycles. The highest BCUT2D eigenvalue weighted by Gasteiger charge is 2.18. The summed E-state index contributed by atoms with van der Waals surface area (Å²) in [6.45, 7) is 0. The lowest BCUT2D eigenvalue weighted by molar-refractivity contribution is 1.17. The first-order valence-electron chi connectivity index (χ1n) is 15.0. The predicted octanol–water partition coefficient (Wildman–Crippen LogP) is 11.2. The van der Waals surface area contributed by atoms with E-state index in [0.29, 0.717) is 0 Å². The summed E-state index contributed by atoms with van der Waals surface area (Å²) >= 11 is 0. The number of benzene rings is 8. The minimum absolute atomic E-state index is 1.02. The predicted molar refractivity (Wildman–Crippen MR) is 186 cm³/mol. The van der Waals surface area contributed by atoms with E-state index >= 15 is 0 Å². The fourth-order valence-electron chi connectivity index (χ4n) is 7.12. The molecule has 1 aromatic heterocycles. The zero-order valence-corrected chi connectivity index (χ0v) is 23.9. The van der Waals surface area contributed by atoms with Gasteiger partial charge in [-0.2, -0.15) is 0 Å². The summed E-state index contributed by atoms with van der Waals surface area (Å²) in [4.78, 5) is 8.71. The summed E-state index contributed by atoms with van der Waals surface area (Å²) in [6.07, 6.45) is 5.42. The van der Waals surface area contributed by atoms with Crippen molar-refractivity contribution in [1.29, 1.82) is 0 Å². The van der Waals surface area contributed by atoms with E-state index < -0.39 is 0 Å². The molecule has 9 aromatic rings. The molecule has 0 saturated heterocycles. The Labute approximate surface area is 254 Å². The van der Waals surface area contributed by atoms with Crippen LogP contribution in [0.4, 0.5) is 0 Å². The Bertz CT molecular complexity index is 2490. The molecule has 0 fully saturated rings. The van der Waals surface area contributed by atoms with Crippen LogP contribution in [0.1, 0.15) is 0 Å². The van der Waals surface area contributed by atoms with E-state index in [0.717, 1.165) is 5.56 Å². The molecular formula is C42H26N2. The summed E-state index contributed by atoms with van der Waals surface area (Å²) in [7, 11) is 0. The number of nitrogens with zero attached hydrogens (tertiary/aromatic N) is 2. The van der Waals surface area contributed by atoms with Crippen molar-refractivity contribution >= 4 is 53.9 Å². The molecule has 0 unspecified atom stereocenters. The van der Waals surface area contributed by atoms with Gasteiger partial charge in [-0.1, -0.05) is 127 Å². The van der Waals surface area contributed by atoms with Crippen LogP contribution in [0, 0.1) is 0 Å². The summed E-state index contributed by atoms with van der Waals surface area (Å²) in [6, 6.07) is 50.9. The molecule has 8 aromatic carbocycles. The molecule has 0 N–H and O–H groups in total. The second-order valence-electron chi connectivity index (χ2n) is 11.4. The first kappa shape index (κ1) is 24.7. The van der Waals surface area contributed by atoms with Gasteiger partial charge in [0.05, 0.1) is 0 Å². The standard InChI is InChI=1S/C42H26N2/c1-2-12-31-27(10-1)11-9-19-32(31)40-22-28-20-21-29(23-39(28)33-13-3-4-14-34(33)40)41-35-15-5-7-17-37(35)42(30-24-43-26-44-25-30)38-18-8-6-16-36(38)41/h1-26H. The van der Waals surface area contributed by atoms with E-state index in [2.05, 4.69) is 149 Å². The van der Waals surface area contributed by atoms with Crippen LogP contribution >= 0.6 is 0 Å². The largest absolute Gasteiger partial charge is 0.244 e. The number of rotatable bonds is 3. The van der Waals surface area contributed by atoms with Crippen molar-refractivity contribution in [3.63, 3.8) is 0 Å². The van der Waals surface area contributed by atoms with E-state index in [1.54, 1.807) is 6.33 Å². The van der Waals surface area contributed by atoms with Gasteiger partial charge in [-0.3, -0.25) is 0 Å². The van der Waals surface area contributed by atoms with Crippen LogP contribution < -0.4 is 0 Å². The Kier molecular flexibility index (Phi) is 5.54. The Hall–Kier alpha value is -5.86. The number of aromatic nitrogens is 2. The molecule has 0 saturated carbocycles. The van der Waals surface area contributed by atoms with E-state index in [1.807, 2.05) is 12.4 Å². The average molecular weight is 559 g/mol. The molecule has 0 aliphatic heterocycles. The molecule has 0 radical (unpaired) electrons. The van der Waals surface area contributed by atoms with Gasteiger partial charge in [0, 0.05) is 23.5 Å². The van der Waals surface area contributed by atoms with Crippen molar-refractivity contribution in [2.45, 2.75) is 0 Å². The molecule has 2 nitrogen and oxygen atoms in total. The third-order valence-corrected chi connectivity index (χ3v) is 9.01. The van der Waals surface area contributed by atoms with Crippen molar-refractivity contribution < 1.29 is 0 Å². The number of fused-ring (bicyclic) bond motifs is 6. The van der Waals surface area contributed by atoms with Gasteiger partial charge in [0.15, 0.2) is 0 Å². The van der Waals surface area contributed by atoms with Crippen LogP contribution in [-0.4, -0.2) is 9.97 Å². The van der Waals surface area contributed by atoms with E-state index in [4.69, 9.17) is 0 Å². The van der Waals surface area contributed by atoms with Crippen LogP contribution in [0.2, 0.25) is 0 Å². The molecule has 204 valence electrons. The zero-order valence-electron chi connectivity index (χ0n) is 23.9. The Balaban J connectivity index is 1.35. The Morgan fingerprint density at radius 2 is 0.864 bits per heavy atom. The van der Waals surface area contributed by atoms with Crippen molar-refractivity contribution in [1.82, 2.24) is 9.97 Å². The first-order valence-corrected chi connectivity index (χ1v) is 15.0. The SMILES string of the molecule is c1ccc2c(-c3cc4ccc(-c5c6ccccc6c(-c6cncnc6)c6ccccc56)cc4c4ccccc34)cccc2c1. The Morgan fingerprint density at radius 1 is 0.318 bits per heavy atom. The fraction of sp³-hybridized carbons (Fsp3) is 0. The van der Waals surface area contributed by atoms with Crippen LogP contribution in [0.15, 0.2) is 158 Å². The molecule has 9 rings (SSSR count). The lowest BCUT2D eigenvalue weighted by atomic mass is 9.85. The summed E-state index contributed by atoms with van der Waals surface area (Å²) in [5.74, 6) is 0. The van der Waals surface area contributed by atoms with Crippen LogP contribution in [0.3, 0.4) is 0 Å². The van der Waals surface area contributed by atoms with Gasteiger partial charge in [0.25, 0.3) is 0 Å². The van der Waals surface area contributed by atoms with Gasteiger partial charge < -0.3 is 0 Å². The van der Waals surface area contributed by atoms with Gasteiger partial charge in [-0.15, -0.1) is 0 Å². The van der Waals surface area contributed by atoms with E-state index in [9.17, 15) is 0 Å². The van der Waals surface area contributed by atoms with Crippen LogP contribution in [-0.2, 0) is 0 Å². The van der Waals surface area contributed by atoms with E-state index in [-0.39, 0.29) is 0 Å². The lowest BCUT2D eigenvalue weighted by Crippen LogP contribution is -1.92. The van der Waals surface area contributed by atoms with Crippen molar-refractivity contribution in [2.75, 3.05) is 0 Å². The quantitative estimate of drug-likeness (QED) is 0.159. The smallest absolute Gasteiger partial charge is 0.115 e. The van der Waals surface area contributed by atoms with Crippen molar-refractivity contribution in [2.24, 2.45) is 0 Å². The van der Waals surface area contributed by atoms with Crippen molar-refractivity contribution in [3.8, 4) is 33.4 Å². The molecule has 44 heavy (non-hydrogen) atoms. The van der Waals surface area contributed by atoms with Crippen LogP contribution in [0.5, 0.6) is 0 Å². The van der Waals surface area contributed by atoms with Crippen molar-refractivity contribution in [3.05, 3.63) is 158 Å². The highest BCUT2D eigenvalue weighted by atomic mass is 14.8. The summed E-state index contributed by atoms with van der Waals surface area (Å²) in [5.41, 5.74) is 7.19. The zero-order chi connectivity index (χ0) is 29.0. The highest BCUT2D eigenvalue weighted by Crippen LogP contribution is 2.45. The summed E-state index contributed by atoms with van der Waals surface area (Å²) < 4.78 is 0. The van der Waals surface area contributed by atoms with Gasteiger partial charge in [0.2, 0.25) is 0 Å². The average Bonchev–Trinajstić information content (AvgIpc) is 3.10. The highest BCUT2D eigenvalue weighted by molar-refractivity contribution is 6.23.